The summed E-state index contributed by atoms with van der Waals surface area (Å²) in [5.74, 6) is 1.77. The van der Waals surface area contributed by atoms with Crippen LogP contribution in [0.5, 0.6) is 5.75 Å². The van der Waals surface area contributed by atoms with Crippen molar-refractivity contribution in [2.75, 3.05) is 6.61 Å². The third-order valence-electron chi connectivity index (χ3n) is 5.08. The molecule has 1 saturated carbocycles. The molecule has 1 fully saturated rings. The quantitative estimate of drug-likeness (QED) is 0.837. The van der Waals surface area contributed by atoms with E-state index in [0.717, 1.165) is 55.9 Å². The molecule has 110 valence electrons. The summed E-state index contributed by atoms with van der Waals surface area (Å²) in [6, 6.07) is 6.28. The second kappa shape index (κ2) is 5.77. The van der Waals surface area contributed by atoms with Crippen LogP contribution in [-0.2, 0) is 12.0 Å². The predicted octanol–water partition coefficient (Wildman–Crippen LogP) is 4.19. The van der Waals surface area contributed by atoms with Crippen molar-refractivity contribution in [1.29, 1.82) is 0 Å². The first kappa shape index (κ1) is 13.9. The molecule has 0 bridgehead atoms. The maximum absolute atomic E-state index is 11.2. The van der Waals surface area contributed by atoms with Gasteiger partial charge in [-0.05, 0) is 37.2 Å². The van der Waals surface area contributed by atoms with E-state index in [1.54, 1.807) is 0 Å². The van der Waals surface area contributed by atoms with Crippen molar-refractivity contribution in [3.63, 3.8) is 0 Å². The van der Waals surface area contributed by atoms with Gasteiger partial charge in [0.1, 0.15) is 5.75 Å². The van der Waals surface area contributed by atoms with Crippen LogP contribution in [0.4, 0.5) is 0 Å². The normalized spacial score (nSPS) is 29.6. The highest BCUT2D eigenvalue weighted by Crippen LogP contribution is 2.44. The lowest BCUT2D eigenvalue weighted by Gasteiger charge is -2.29. The van der Waals surface area contributed by atoms with E-state index >= 15 is 0 Å². The average Bonchev–Trinajstić information content (AvgIpc) is 2.85. The third-order valence-corrected chi connectivity index (χ3v) is 5.08. The molecule has 2 heteroatoms. The fourth-order valence-corrected chi connectivity index (χ4v) is 3.94. The third kappa shape index (κ3) is 2.58. The van der Waals surface area contributed by atoms with Gasteiger partial charge in [0.2, 0.25) is 0 Å². The summed E-state index contributed by atoms with van der Waals surface area (Å²) in [6.07, 6.45) is 8.86. The SMILES string of the molecule is CCCC1CCCC(O)(c2cccc3c2OCC3)CC1. The van der Waals surface area contributed by atoms with E-state index in [9.17, 15) is 5.11 Å². The van der Waals surface area contributed by atoms with E-state index in [0.29, 0.717) is 0 Å². The highest BCUT2D eigenvalue weighted by molar-refractivity contribution is 5.47. The van der Waals surface area contributed by atoms with Gasteiger partial charge in [-0.3, -0.25) is 0 Å². The van der Waals surface area contributed by atoms with Gasteiger partial charge < -0.3 is 9.84 Å². The molecule has 1 aromatic carbocycles. The monoisotopic (exact) mass is 274 g/mol. The van der Waals surface area contributed by atoms with Gasteiger partial charge in [0.25, 0.3) is 0 Å². The molecule has 0 amide bonds. The van der Waals surface area contributed by atoms with Crippen LogP contribution < -0.4 is 4.74 Å². The van der Waals surface area contributed by atoms with Gasteiger partial charge in [-0.1, -0.05) is 44.4 Å². The van der Waals surface area contributed by atoms with Crippen molar-refractivity contribution >= 4 is 0 Å². The lowest BCUT2D eigenvalue weighted by Crippen LogP contribution is -2.25. The molecule has 2 atom stereocenters. The minimum Gasteiger partial charge on any atom is -0.493 e. The molecule has 1 aliphatic carbocycles. The van der Waals surface area contributed by atoms with Crippen LogP contribution in [0.3, 0.4) is 0 Å². The van der Waals surface area contributed by atoms with Crippen LogP contribution in [0.2, 0.25) is 0 Å². The summed E-state index contributed by atoms with van der Waals surface area (Å²) >= 11 is 0. The van der Waals surface area contributed by atoms with Gasteiger partial charge in [0, 0.05) is 12.0 Å². The van der Waals surface area contributed by atoms with Crippen LogP contribution >= 0.6 is 0 Å². The molecule has 0 spiro atoms. The Hall–Kier alpha value is -1.02. The maximum atomic E-state index is 11.2. The molecule has 2 nitrogen and oxygen atoms in total. The summed E-state index contributed by atoms with van der Waals surface area (Å²) < 4.78 is 5.80. The topological polar surface area (TPSA) is 29.5 Å². The van der Waals surface area contributed by atoms with Crippen LogP contribution in [0.1, 0.15) is 63.0 Å². The van der Waals surface area contributed by atoms with Gasteiger partial charge in [-0.2, -0.15) is 0 Å². The lowest BCUT2D eigenvalue weighted by atomic mass is 9.84. The number of benzene rings is 1. The second-order valence-electron chi connectivity index (χ2n) is 6.51. The predicted molar refractivity (Wildman–Crippen MR) is 81.0 cm³/mol. The van der Waals surface area contributed by atoms with E-state index in [1.807, 2.05) is 0 Å². The van der Waals surface area contributed by atoms with Crippen molar-refractivity contribution in [3.05, 3.63) is 29.3 Å². The summed E-state index contributed by atoms with van der Waals surface area (Å²) in [5.41, 5.74) is 1.65. The number of ether oxygens (including phenoxy) is 1. The summed E-state index contributed by atoms with van der Waals surface area (Å²) in [4.78, 5) is 0. The molecular formula is C18H26O2. The first-order valence-electron chi connectivity index (χ1n) is 8.20. The molecule has 0 aromatic heterocycles. The fourth-order valence-electron chi connectivity index (χ4n) is 3.94. The Morgan fingerprint density at radius 1 is 1.30 bits per heavy atom. The summed E-state index contributed by atoms with van der Waals surface area (Å²) in [7, 11) is 0. The zero-order chi connectivity index (χ0) is 14.0. The van der Waals surface area contributed by atoms with Crippen LogP contribution in [0, 0.1) is 5.92 Å². The average molecular weight is 274 g/mol. The lowest BCUT2D eigenvalue weighted by molar-refractivity contribution is 0.0173. The molecule has 2 unspecified atom stereocenters. The van der Waals surface area contributed by atoms with Gasteiger partial charge in [-0.25, -0.2) is 0 Å². The molecule has 2 aliphatic rings. The Balaban J connectivity index is 1.84. The Morgan fingerprint density at radius 2 is 2.20 bits per heavy atom. The molecule has 20 heavy (non-hydrogen) atoms. The highest BCUT2D eigenvalue weighted by Gasteiger charge is 2.36. The Kier molecular flexibility index (Phi) is 4.02. The van der Waals surface area contributed by atoms with Crippen molar-refractivity contribution < 1.29 is 9.84 Å². The highest BCUT2D eigenvalue weighted by atomic mass is 16.5. The van der Waals surface area contributed by atoms with E-state index < -0.39 is 5.60 Å². The summed E-state index contributed by atoms with van der Waals surface area (Å²) in [5, 5.41) is 11.2. The zero-order valence-corrected chi connectivity index (χ0v) is 12.5. The molecular weight excluding hydrogens is 248 g/mol. The Bertz CT molecular complexity index is 468. The van der Waals surface area contributed by atoms with Gasteiger partial charge in [-0.15, -0.1) is 0 Å². The molecule has 1 aromatic rings. The first-order chi connectivity index (χ1) is 9.73. The van der Waals surface area contributed by atoms with Crippen LogP contribution in [0.15, 0.2) is 18.2 Å². The largest absolute Gasteiger partial charge is 0.493 e. The van der Waals surface area contributed by atoms with E-state index in [2.05, 4.69) is 25.1 Å². The smallest absolute Gasteiger partial charge is 0.128 e. The van der Waals surface area contributed by atoms with Gasteiger partial charge in [0.05, 0.1) is 12.2 Å². The minimum atomic E-state index is -0.668. The van der Waals surface area contributed by atoms with Crippen LogP contribution in [0.25, 0.3) is 0 Å². The number of fused-ring (bicyclic) bond motifs is 1. The number of para-hydroxylation sites is 1. The van der Waals surface area contributed by atoms with Crippen LogP contribution in [-0.4, -0.2) is 11.7 Å². The Morgan fingerprint density at radius 3 is 3.05 bits per heavy atom. The number of aliphatic hydroxyl groups is 1. The zero-order valence-electron chi connectivity index (χ0n) is 12.5. The number of hydrogen-bond donors (Lipinski definition) is 1. The Labute approximate surface area is 122 Å². The molecule has 0 radical (unpaired) electrons. The molecule has 1 aliphatic heterocycles. The molecule has 0 saturated heterocycles. The molecule has 3 rings (SSSR count). The number of hydrogen-bond acceptors (Lipinski definition) is 2. The maximum Gasteiger partial charge on any atom is 0.128 e. The van der Waals surface area contributed by atoms with Crippen molar-refractivity contribution in [3.8, 4) is 5.75 Å². The molecule has 1 N–H and O–H groups in total. The van der Waals surface area contributed by atoms with E-state index in [4.69, 9.17) is 4.74 Å². The first-order valence-corrected chi connectivity index (χ1v) is 8.20. The van der Waals surface area contributed by atoms with Crippen molar-refractivity contribution in [2.45, 2.75) is 63.9 Å². The van der Waals surface area contributed by atoms with Crippen molar-refractivity contribution in [2.24, 2.45) is 5.92 Å². The van der Waals surface area contributed by atoms with Gasteiger partial charge >= 0.3 is 0 Å². The summed E-state index contributed by atoms with van der Waals surface area (Å²) in [6.45, 7) is 3.02. The standard InChI is InChI=1S/C18H26O2/c1-2-5-14-6-4-11-18(19,12-9-14)16-8-3-7-15-10-13-20-17(15)16/h3,7-8,14,19H,2,4-6,9-13H2,1H3. The second-order valence-corrected chi connectivity index (χ2v) is 6.51. The van der Waals surface area contributed by atoms with E-state index in [-0.39, 0.29) is 0 Å². The van der Waals surface area contributed by atoms with E-state index in [1.165, 1.54) is 24.8 Å². The fraction of sp³-hybridized carbons (Fsp3) is 0.667. The van der Waals surface area contributed by atoms with Gasteiger partial charge in [0.15, 0.2) is 0 Å². The molecule has 1 heterocycles. The van der Waals surface area contributed by atoms with Crippen molar-refractivity contribution in [1.82, 2.24) is 0 Å². The minimum absolute atomic E-state index is 0.668. The number of rotatable bonds is 3.